The Kier molecular flexibility index (Phi) is 3.75. The standard InChI is InChI=1S/C15H16BrNO4/c1-7-6-8(16)2-3-9(7)17-14(18)12-10-4-5-11(21-10)13(12)15(19)20/h2-3,6,10-13H,4-5H2,1H3,(H,17,18)(H,19,20)/t10-,11+,12+,13-/m0/s1. The molecule has 0 spiro atoms. The van der Waals surface area contributed by atoms with Gasteiger partial charge in [0, 0.05) is 10.2 Å². The molecule has 4 atom stereocenters. The number of amides is 1. The summed E-state index contributed by atoms with van der Waals surface area (Å²) in [5.74, 6) is -2.56. The number of carbonyl (C=O) groups is 2. The zero-order chi connectivity index (χ0) is 15.1. The van der Waals surface area contributed by atoms with Crippen LogP contribution in [-0.4, -0.2) is 29.2 Å². The predicted molar refractivity (Wildman–Crippen MR) is 80.0 cm³/mol. The first-order valence-corrected chi connectivity index (χ1v) is 7.72. The van der Waals surface area contributed by atoms with E-state index in [2.05, 4.69) is 21.2 Å². The highest BCUT2D eigenvalue weighted by molar-refractivity contribution is 9.10. The van der Waals surface area contributed by atoms with Crippen molar-refractivity contribution in [2.45, 2.75) is 32.0 Å². The number of hydrogen-bond donors (Lipinski definition) is 2. The maximum absolute atomic E-state index is 12.5. The SMILES string of the molecule is Cc1cc(Br)ccc1NC(=O)[C@H]1[C@@H](C(=O)O)[C@H]2CC[C@@H]1O2. The van der Waals surface area contributed by atoms with Crippen molar-refractivity contribution in [2.24, 2.45) is 11.8 Å². The summed E-state index contributed by atoms with van der Waals surface area (Å²) in [7, 11) is 0. The number of rotatable bonds is 3. The Bertz CT molecular complexity index is 603. The highest BCUT2D eigenvalue weighted by Gasteiger charge is 2.55. The Hall–Kier alpha value is -1.40. The van der Waals surface area contributed by atoms with Crippen molar-refractivity contribution in [1.29, 1.82) is 0 Å². The molecule has 2 aliphatic rings. The lowest BCUT2D eigenvalue weighted by atomic mass is 9.78. The molecule has 2 saturated heterocycles. The quantitative estimate of drug-likeness (QED) is 0.875. The van der Waals surface area contributed by atoms with Crippen LogP contribution in [-0.2, 0) is 14.3 Å². The van der Waals surface area contributed by atoms with Crippen LogP contribution < -0.4 is 5.32 Å². The van der Waals surface area contributed by atoms with Gasteiger partial charge in [0.1, 0.15) is 0 Å². The van der Waals surface area contributed by atoms with Gasteiger partial charge in [-0.15, -0.1) is 0 Å². The molecule has 2 N–H and O–H groups in total. The lowest BCUT2D eigenvalue weighted by Crippen LogP contribution is -2.41. The van der Waals surface area contributed by atoms with Crippen molar-refractivity contribution in [3.63, 3.8) is 0 Å². The lowest BCUT2D eigenvalue weighted by Gasteiger charge is -2.24. The van der Waals surface area contributed by atoms with Crippen LogP contribution >= 0.6 is 15.9 Å². The van der Waals surface area contributed by atoms with Crippen molar-refractivity contribution in [1.82, 2.24) is 0 Å². The molecule has 6 heteroatoms. The third-order valence-electron chi connectivity index (χ3n) is 4.31. The number of anilines is 1. The first-order valence-electron chi connectivity index (χ1n) is 6.92. The number of halogens is 1. The van der Waals surface area contributed by atoms with E-state index >= 15 is 0 Å². The van der Waals surface area contributed by atoms with Crippen LogP contribution in [0.25, 0.3) is 0 Å². The van der Waals surface area contributed by atoms with Gasteiger partial charge in [0.25, 0.3) is 0 Å². The molecule has 112 valence electrons. The second-order valence-corrected chi connectivity index (χ2v) is 6.54. The fourth-order valence-electron chi connectivity index (χ4n) is 3.31. The Balaban J connectivity index is 1.80. The monoisotopic (exact) mass is 353 g/mol. The molecule has 2 fully saturated rings. The van der Waals surface area contributed by atoms with Crippen LogP contribution in [0, 0.1) is 18.8 Å². The lowest BCUT2D eigenvalue weighted by molar-refractivity contribution is -0.147. The van der Waals surface area contributed by atoms with Gasteiger partial charge >= 0.3 is 5.97 Å². The minimum Gasteiger partial charge on any atom is -0.481 e. The van der Waals surface area contributed by atoms with Crippen LogP contribution in [0.2, 0.25) is 0 Å². The van der Waals surface area contributed by atoms with E-state index < -0.39 is 17.8 Å². The van der Waals surface area contributed by atoms with Gasteiger partial charge in [0.05, 0.1) is 24.0 Å². The predicted octanol–water partition coefficient (Wildman–Crippen LogP) is 2.57. The summed E-state index contributed by atoms with van der Waals surface area (Å²) in [6, 6.07) is 5.55. The molecule has 1 aromatic carbocycles. The fraction of sp³-hybridized carbons (Fsp3) is 0.467. The van der Waals surface area contributed by atoms with Gasteiger partial charge in [0.2, 0.25) is 5.91 Å². The van der Waals surface area contributed by atoms with Gasteiger partial charge in [-0.1, -0.05) is 15.9 Å². The third kappa shape index (κ3) is 2.58. The van der Waals surface area contributed by atoms with Crippen molar-refractivity contribution < 1.29 is 19.4 Å². The minimum atomic E-state index is -0.949. The first-order chi connectivity index (χ1) is 9.97. The minimum absolute atomic E-state index is 0.264. The van der Waals surface area contributed by atoms with E-state index in [1.54, 1.807) is 6.07 Å². The molecular weight excluding hydrogens is 338 g/mol. The molecule has 1 amide bonds. The summed E-state index contributed by atoms with van der Waals surface area (Å²) in [5, 5.41) is 12.2. The number of aliphatic carboxylic acids is 1. The molecule has 5 nitrogen and oxygen atoms in total. The summed E-state index contributed by atoms with van der Waals surface area (Å²) in [6.45, 7) is 1.90. The van der Waals surface area contributed by atoms with E-state index in [1.807, 2.05) is 19.1 Å². The van der Waals surface area contributed by atoms with Crippen LogP contribution in [0.15, 0.2) is 22.7 Å². The average Bonchev–Trinajstić information content (AvgIpc) is 3.02. The molecule has 1 aromatic rings. The van der Waals surface area contributed by atoms with Crippen molar-refractivity contribution in [3.8, 4) is 0 Å². The molecule has 2 bridgehead atoms. The van der Waals surface area contributed by atoms with Crippen molar-refractivity contribution in [3.05, 3.63) is 28.2 Å². The average molecular weight is 354 g/mol. The Morgan fingerprint density at radius 1 is 1.29 bits per heavy atom. The van der Waals surface area contributed by atoms with Gasteiger partial charge in [0.15, 0.2) is 0 Å². The van der Waals surface area contributed by atoms with Gasteiger partial charge in [-0.2, -0.15) is 0 Å². The molecule has 0 radical (unpaired) electrons. The molecule has 3 rings (SSSR count). The van der Waals surface area contributed by atoms with Crippen LogP contribution in [0.1, 0.15) is 18.4 Å². The summed E-state index contributed by atoms with van der Waals surface area (Å²) >= 11 is 3.37. The highest BCUT2D eigenvalue weighted by atomic mass is 79.9. The topological polar surface area (TPSA) is 75.6 Å². The number of carboxylic acids is 1. The summed E-state index contributed by atoms with van der Waals surface area (Å²) in [4.78, 5) is 23.9. The number of carboxylic acid groups (broad SMARTS) is 1. The molecule has 2 aliphatic heterocycles. The maximum atomic E-state index is 12.5. The van der Waals surface area contributed by atoms with E-state index in [9.17, 15) is 14.7 Å². The second kappa shape index (κ2) is 5.42. The second-order valence-electron chi connectivity index (χ2n) is 5.63. The van der Waals surface area contributed by atoms with Gasteiger partial charge < -0.3 is 15.2 Å². The van der Waals surface area contributed by atoms with E-state index in [1.165, 1.54) is 0 Å². The third-order valence-corrected chi connectivity index (χ3v) is 4.80. The van der Waals surface area contributed by atoms with E-state index in [4.69, 9.17) is 4.74 Å². The van der Waals surface area contributed by atoms with Crippen LogP contribution in [0.3, 0.4) is 0 Å². The maximum Gasteiger partial charge on any atom is 0.310 e. The number of nitrogens with one attached hydrogen (secondary N) is 1. The molecule has 0 saturated carbocycles. The van der Waals surface area contributed by atoms with E-state index in [0.29, 0.717) is 5.69 Å². The number of aryl methyl sites for hydroxylation is 1. The molecule has 0 aliphatic carbocycles. The van der Waals surface area contributed by atoms with E-state index in [-0.39, 0.29) is 18.1 Å². The Morgan fingerprint density at radius 3 is 2.57 bits per heavy atom. The number of carbonyl (C=O) groups excluding carboxylic acids is 1. The molecule has 2 heterocycles. The number of fused-ring (bicyclic) bond motifs is 2. The van der Waals surface area contributed by atoms with Crippen LogP contribution in [0.5, 0.6) is 0 Å². The molecule has 21 heavy (non-hydrogen) atoms. The van der Waals surface area contributed by atoms with Gasteiger partial charge in [-0.3, -0.25) is 9.59 Å². The van der Waals surface area contributed by atoms with Crippen molar-refractivity contribution in [2.75, 3.05) is 5.32 Å². The fourth-order valence-corrected chi connectivity index (χ4v) is 3.78. The Morgan fingerprint density at radius 2 is 1.95 bits per heavy atom. The zero-order valence-electron chi connectivity index (χ0n) is 11.5. The Labute approximate surface area is 130 Å². The smallest absolute Gasteiger partial charge is 0.310 e. The summed E-state index contributed by atoms with van der Waals surface area (Å²) < 4.78 is 6.55. The zero-order valence-corrected chi connectivity index (χ0v) is 13.1. The molecular formula is C15H16BrNO4. The molecule has 0 unspecified atom stereocenters. The van der Waals surface area contributed by atoms with E-state index in [0.717, 1.165) is 22.9 Å². The van der Waals surface area contributed by atoms with Crippen molar-refractivity contribution >= 4 is 33.5 Å². The number of ether oxygens (including phenoxy) is 1. The largest absolute Gasteiger partial charge is 0.481 e. The highest BCUT2D eigenvalue weighted by Crippen LogP contribution is 2.44. The summed E-state index contributed by atoms with van der Waals surface area (Å²) in [5.41, 5.74) is 1.63. The number of benzene rings is 1. The normalized spacial score (nSPS) is 30.4. The van der Waals surface area contributed by atoms with Gasteiger partial charge in [-0.25, -0.2) is 0 Å². The number of hydrogen-bond acceptors (Lipinski definition) is 3. The molecule has 0 aromatic heterocycles. The first kappa shape index (κ1) is 14.5. The van der Waals surface area contributed by atoms with Crippen LogP contribution in [0.4, 0.5) is 5.69 Å². The van der Waals surface area contributed by atoms with Gasteiger partial charge in [-0.05, 0) is 43.5 Å². The summed E-state index contributed by atoms with van der Waals surface area (Å²) in [6.07, 6.45) is 0.885.